The zero-order valence-electron chi connectivity index (χ0n) is 18.5. The van der Waals surface area contributed by atoms with Crippen molar-refractivity contribution < 1.29 is 22.7 Å². The van der Waals surface area contributed by atoms with Crippen molar-refractivity contribution in [3.05, 3.63) is 59.9 Å². The van der Waals surface area contributed by atoms with Crippen LogP contribution in [0.3, 0.4) is 0 Å². The highest BCUT2D eigenvalue weighted by atomic mass is 19.4. The maximum Gasteiger partial charge on any atom is 0.416 e. The number of hydrogen-bond donors (Lipinski definition) is 0. The first-order chi connectivity index (χ1) is 15.2. The number of nitrogens with zero attached hydrogens (tertiary/aromatic N) is 1. The van der Waals surface area contributed by atoms with E-state index in [1.54, 1.807) is 18.3 Å². The molecule has 6 atom stereocenters. The summed E-state index contributed by atoms with van der Waals surface area (Å²) in [4.78, 5) is 16.8. The lowest BCUT2D eigenvalue weighted by molar-refractivity contribution is -0.144. The molecule has 32 heavy (non-hydrogen) atoms. The molecule has 170 valence electrons. The van der Waals surface area contributed by atoms with Crippen LogP contribution in [0.1, 0.15) is 44.9 Å². The number of alkyl halides is 3. The van der Waals surface area contributed by atoms with E-state index < -0.39 is 11.7 Å². The highest BCUT2D eigenvalue weighted by Gasteiger charge is 2.52. The molecule has 1 aliphatic heterocycles. The minimum atomic E-state index is -4.38. The molecule has 2 aliphatic rings. The van der Waals surface area contributed by atoms with Crippen LogP contribution in [0.5, 0.6) is 0 Å². The largest absolute Gasteiger partial charge is 0.462 e. The zero-order valence-corrected chi connectivity index (χ0v) is 18.5. The molecule has 2 fully saturated rings. The molecule has 0 amide bonds. The molecule has 0 radical (unpaired) electrons. The number of carbonyl (C=O) groups is 1. The fourth-order valence-corrected chi connectivity index (χ4v) is 5.61. The monoisotopic (exact) mass is 443 g/mol. The molecule has 2 heterocycles. The third kappa shape index (κ3) is 4.32. The fourth-order valence-electron chi connectivity index (χ4n) is 5.61. The predicted molar refractivity (Wildman–Crippen MR) is 117 cm³/mol. The van der Waals surface area contributed by atoms with Crippen molar-refractivity contribution in [2.45, 2.75) is 45.9 Å². The number of cyclic esters (lactones) is 1. The maximum absolute atomic E-state index is 13.0. The number of allylic oxidation sites excluding steroid dienone is 1. The van der Waals surface area contributed by atoms with E-state index in [-0.39, 0.29) is 29.8 Å². The molecular weight excluding hydrogens is 415 g/mol. The second-order valence-electron chi connectivity index (χ2n) is 9.10. The fraction of sp³-hybridized carbons (Fsp3) is 0.462. The van der Waals surface area contributed by atoms with Crippen LogP contribution in [0, 0.1) is 29.6 Å². The number of benzene rings is 1. The van der Waals surface area contributed by atoms with E-state index in [4.69, 9.17) is 4.74 Å². The number of hydrogen-bond acceptors (Lipinski definition) is 3. The molecule has 3 nitrogen and oxygen atoms in total. The van der Waals surface area contributed by atoms with Gasteiger partial charge in [0, 0.05) is 17.7 Å². The molecule has 6 heteroatoms. The summed E-state index contributed by atoms with van der Waals surface area (Å²) in [6.07, 6.45) is 3.16. The first-order valence-corrected chi connectivity index (χ1v) is 11.2. The summed E-state index contributed by atoms with van der Waals surface area (Å²) in [5.74, 6) is 1.17. The van der Waals surface area contributed by atoms with Gasteiger partial charge < -0.3 is 4.74 Å². The standard InChI is InChI=1S/C26H28F3NO2/c1-4-21-15(2)12-23-24(16(3)32-25(23)31)22(21)11-10-20-9-8-18(14-30-20)17-6-5-7-19(13-17)26(27,28)29/h5-11,13-16,21-24H,4,12H2,1-3H3/t15-,16+,21+,22-,23+,24-/m0/s1. The van der Waals surface area contributed by atoms with Gasteiger partial charge in [0.15, 0.2) is 0 Å². The van der Waals surface area contributed by atoms with Gasteiger partial charge in [0.2, 0.25) is 0 Å². The smallest absolute Gasteiger partial charge is 0.416 e. The predicted octanol–water partition coefficient (Wildman–Crippen LogP) is 6.64. The van der Waals surface area contributed by atoms with Gasteiger partial charge in [-0.15, -0.1) is 0 Å². The van der Waals surface area contributed by atoms with Crippen LogP contribution in [0.25, 0.3) is 17.2 Å². The molecule has 0 unspecified atom stereocenters. The van der Waals surface area contributed by atoms with E-state index in [1.807, 2.05) is 19.1 Å². The van der Waals surface area contributed by atoms with Crippen molar-refractivity contribution in [1.82, 2.24) is 4.98 Å². The van der Waals surface area contributed by atoms with Crippen molar-refractivity contribution in [2.24, 2.45) is 29.6 Å². The Morgan fingerprint density at radius 3 is 2.59 bits per heavy atom. The van der Waals surface area contributed by atoms with E-state index in [1.165, 1.54) is 6.07 Å². The molecule has 4 rings (SSSR count). The Morgan fingerprint density at radius 2 is 1.94 bits per heavy atom. The van der Waals surface area contributed by atoms with Crippen molar-refractivity contribution in [2.75, 3.05) is 0 Å². The molecule has 1 aliphatic carbocycles. The Hall–Kier alpha value is -2.63. The van der Waals surface area contributed by atoms with Crippen LogP contribution in [0.4, 0.5) is 13.2 Å². The Labute approximate surface area is 186 Å². The van der Waals surface area contributed by atoms with Gasteiger partial charge in [-0.25, -0.2) is 0 Å². The van der Waals surface area contributed by atoms with Gasteiger partial charge in [0.25, 0.3) is 0 Å². The molecular formula is C26H28F3NO2. The van der Waals surface area contributed by atoms with E-state index in [0.29, 0.717) is 23.0 Å². The number of rotatable bonds is 4. The van der Waals surface area contributed by atoms with Gasteiger partial charge in [-0.1, -0.05) is 44.5 Å². The number of pyridine rings is 1. The summed E-state index contributed by atoms with van der Waals surface area (Å²) in [6, 6.07) is 8.86. The summed E-state index contributed by atoms with van der Waals surface area (Å²) >= 11 is 0. The average Bonchev–Trinajstić information content (AvgIpc) is 3.04. The Kier molecular flexibility index (Phi) is 6.15. The Balaban J connectivity index is 1.56. The highest BCUT2D eigenvalue weighted by molar-refractivity contribution is 5.75. The summed E-state index contributed by atoms with van der Waals surface area (Å²) in [6.45, 7) is 6.38. The molecule has 1 aromatic heterocycles. The number of ether oxygens (including phenoxy) is 1. The third-order valence-corrected chi connectivity index (χ3v) is 7.18. The maximum atomic E-state index is 13.0. The topological polar surface area (TPSA) is 39.2 Å². The van der Waals surface area contributed by atoms with Crippen LogP contribution in [-0.4, -0.2) is 17.1 Å². The summed E-state index contributed by atoms with van der Waals surface area (Å²) in [5, 5.41) is 0. The van der Waals surface area contributed by atoms with Crippen LogP contribution in [0.15, 0.2) is 48.7 Å². The van der Waals surface area contributed by atoms with Crippen molar-refractivity contribution in [3.8, 4) is 11.1 Å². The van der Waals surface area contributed by atoms with Crippen LogP contribution < -0.4 is 0 Å². The number of carbonyl (C=O) groups excluding carboxylic acids is 1. The van der Waals surface area contributed by atoms with Gasteiger partial charge in [-0.05, 0) is 60.9 Å². The minimum absolute atomic E-state index is 0.0475. The molecule has 0 spiro atoms. The zero-order chi connectivity index (χ0) is 23.0. The third-order valence-electron chi connectivity index (χ3n) is 7.18. The second kappa shape index (κ2) is 8.72. The van der Waals surface area contributed by atoms with Crippen LogP contribution in [-0.2, 0) is 15.7 Å². The van der Waals surface area contributed by atoms with Gasteiger partial charge in [-0.3, -0.25) is 9.78 Å². The quantitative estimate of drug-likeness (QED) is 0.497. The lowest BCUT2D eigenvalue weighted by atomic mass is 9.61. The minimum Gasteiger partial charge on any atom is -0.462 e. The van der Waals surface area contributed by atoms with E-state index >= 15 is 0 Å². The van der Waals surface area contributed by atoms with Gasteiger partial charge >= 0.3 is 12.1 Å². The lowest BCUT2D eigenvalue weighted by Gasteiger charge is -2.41. The number of aromatic nitrogens is 1. The van der Waals surface area contributed by atoms with Crippen molar-refractivity contribution in [1.29, 1.82) is 0 Å². The first-order valence-electron chi connectivity index (χ1n) is 11.2. The Bertz CT molecular complexity index is 999. The normalized spacial score (nSPS) is 30.4. The number of fused-ring (bicyclic) bond motifs is 1. The van der Waals surface area contributed by atoms with Gasteiger partial charge in [0.1, 0.15) is 6.10 Å². The van der Waals surface area contributed by atoms with Crippen molar-refractivity contribution in [3.63, 3.8) is 0 Å². The average molecular weight is 444 g/mol. The molecule has 1 aromatic carbocycles. The van der Waals surface area contributed by atoms with Crippen molar-refractivity contribution >= 4 is 12.0 Å². The molecule has 1 saturated carbocycles. The highest BCUT2D eigenvalue weighted by Crippen LogP contribution is 2.50. The molecule has 0 bridgehead atoms. The lowest BCUT2D eigenvalue weighted by Crippen LogP contribution is -2.40. The van der Waals surface area contributed by atoms with E-state index in [9.17, 15) is 18.0 Å². The van der Waals surface area contributed by atoms with Gasteiger partial charge in [0.05, 0.1) is 17.2 Å². The SMILES string of the molecule is CC[C@H]1[C@H](C=Cc2ccc(-c3cccc(C(F)(F)F)c3)cn2)[C@@H]2[C@@H](C)OC(=O)[C@@H]2C[C@@H]1C. The second-order valence-corrected chi connectivity index (χ2v) is 9.10. The number of esters is 1. The molecule has 2 aromatic rings. The first kappa shape index (κ1) is 22.6. The van der Waals surface area contributed by atoms with Crippen LogP contribution >= 0.6 is 0 Å². The van der Waals surface area contributed by atoms with E-state index in [0.717, 1.165) is 30.7 Å². The number of halogens is 3. The summed E-state index contributed by atoms with van der Waals surface area (Å²) in [7, 11) is 0. The summed E-state index contributed by atoms with van der Waals surface area (Å²) in [5.41, 5.74) is 1.18. The molecule has 0 N–H and O–H groups in total. The van der Waals surface area contributed by atoms with Crippen LogP contribution in [0.2, 0.25) is 0 Å². The molecule has 1 saturated heterocycles. The van der Waals surface area contributed by atoms with E-state index in [2.05, 4.69) is 24.9 Å². The van der Waals surface area contributed by atoms with Gasteiger partial charge in [-0.2, -0.15) is 13.2 Å². The summed E-state index contributed by atoms with van der Waals surface area (Å²) < 4.78 is 44.6. The Morgan fingerprint density at radius 1 is 1.16 bits per heavy atom.